The molecule has 45 heavy (non-hydrogen) atoms. The van der Waals surface area contributed by atoms with Crippen LogP contribution in [0.15, 0.2) is 42.5 Å². The highest BCUT2D eigenvalue weighted by molar-refractivity contribution is 6.30. The largest absolute Gasteiger partial charge is 0.494 e. The summed E-state index contributed by atoms with van der Waals surface area (Å²) in [6, 6.07) is 11.6. The molecule has 3 aromatic rings. The summed E-state index contributed by atoms with van der Waals surface area (Å²) in [6.07, 6.45) is 1.17. The van der Waals surface area contributed by atoms with E-state index in [9.17, 15) is 33.9 Å². The third kappa shape index (κ3) is 10.3. The highest BCUT2D eigenvalue weighted by Crippen LogP contribution is 2.31. The second-order valence-electron chi connectivity index (χ2n) is 10.1. The molecule has 2 aromatic carbocycles. The van der Waals surface area contributed by atoms with Crippen molar-refractivity contribution in [2.75, 3.05) is 32.8 Å². The number of ether oxygens (including phenoxy) is 1. The van der Waals surface area contributed by atoms with Crippen molar-refractivity contribution in [3.8, 4) is 5.75 Å². The standard InChI is InChI=1S/C31H36ClN5O8/c1-3-26(38)34-17-28(40)36-18-29(41)35-16-27(39)33-12-4-5-13-45-22-10-11-25-24(14-22)23(15-30(42)43)19(2)37(25)31(44)20-6-8-21(32)9-7-20/h6-11,14H,3-5,12-13,15-18H2,1-2H3,(H,33,39)(H,34,38)(H,35,41)(H,36,40)(H,42,43). The highest BCUT2D eigenvalue weighted by Gasteiger charge is 2.22. The molecule has 0 aliphatic heterocycles. The molecule has 0 radical (unpaired) electrons. The number of halogens is 1. The molecule has 14 heteroatoms. The highest BCUT2D eigenvalue weighted by atomic mass is 35.5. The summed E-state index contributed by atoms with van der Waals surface area (Å²) in [4.78, 5) is 71.5. The van der Waals surface area contributed by atoms with Crippen LogP contribution in [0.1, 0.15) is 47.8 Å². The Morgan fingerprint density at radius 1 is 0.822 bits per heavy atom. The maximum atomic E-state index is 13.3. The van der Waals surface area contributed by atoms with E-state index in [4.69, 9.17) is 16.3 Å². The average molecular weight is 642 g/mol. The van der Waals surface area contributed by atoms with Gasteiger partial charge in [-0.05, 0) is 67.8 Å². The van der Waals surface area contributed by atoms with Gasteiger partial charge in [0.15, 0.2) is 0 Å². The minimum Gasteiger partial charge on any atom is -0.494 e. The van der Waals surface area contributed by atoms with Gasteiger partial charge in [-0.25, -0.2) is 0 Å². The molecule has 4 amide bonds. The molecule has 0 aliphatic carbocycles. The van der Waals surface area contributed by atoms with Gasteiger partial charge in [0.25, 0.3) is 5.91 Å². The lowest BCUT2D eigenvalue weighted by Crippen LogP contribution is -2.44. The fourth-order valence-corrected chi connectivity index (χ4v) is 4.53. The van der Waals surface area contributed by atoms with E-state index in [-0.39, 0.29) is 44.3 Å². The van der Waals surface area contributed by atoms with E-state index in [1.807, 2.05) is 0 Å². The van der Waals surface area contributed by atoms with Crippen LogP contribution in [0.3, 0.4) is 0 Å². The number of fused-ring (bicyclic) bond motifs is 1. The number of amides is 4. The van der Waals surface area contributed by atoms with Gasteiger partial charge >= 0.3 is 5.97 Å². The van der Waals surface area contributed by atoms with Crippen molar-refractivity contribution >= 4 is 58.0 Å². The monoisotopic (exact) mass is 641 g/mol. The Morgan fingerprint density at radius 2 is 1.42 bits per heavy atom. The Balaban J connectivity index is 1.45. The first-order chi connectivity index (χ1) is 21.5. The Morgan fingerprint density at radius 3 is 2.02 bits per heavy atom. The number of aromatic nitrogens is 1. The van der Waals surface area contributed by atoms with Gasteiger partial charge in [0, 0.05) is 34.6 Å². The number of nitrogens with zero attached hydrogens (tertiary/aromatic N) is 1. The molecule has 240 valence electrons. The van der Waals surface area contributed by atoms with E-state index in [1.54, 1.807) is 56.3 Å². The Bertz CT molecular complexity index is 1570. The Labute approximate surface area is 264 Å². The van der Waals surface area contributed by atoms with Crippen molar-refractivity contribution in [3.63, 3.8) is 0 Å². The van der Waals surface area contributed by atoms with Crippen molar-refractivity contribution in [2.45, 2.75) is 39.5 Å². The molecule has 0 atom stereocenters. The zero-order valence-corrected chi connectivity index (χ0v) is 25.8. The second-order valence-corrected chi connectivity index (χ2v) is 10.5. The third-order valence-electron chi connectivity index (χ3n) is 6.75. The molecule has 1 heterocycles. The topological polar surface area (TPSA) is 185 Å². The molecule has 0 fully saturated rings. The van der Waals surface area contributed by atoms with Crippen LogP contribution >= 0.6 is 11.6 Å². The fraction of sp³-hybridized carbons (Fsp3) is 0.355. The maximum Gasteiger partial charge on any atom is 0.307 e. The van der Waals surface area contributed by atoms with E-state index in [0.717, 1.165) is 0 Å². The average Bonchev–Trinajstić information content (AvgIpc) is 3.28. The molecular weight excluding hydrogens is 606 g/mol. The van der Waals surface area contributed by atoms with Crippen LogP contribution in [0.4, 0.5) is 0 Å². The van der Waals surface area contributed by atoms with Gasteiger partial charge in [-0.2, -0.15) is 0 Å². The summed E-state index contributed by atoms with van der Waals surface area (Å²) < 4.78 is 7.36. The number of unbranched alkanes of at least 4 members (excludes halogenated alkanes) is 1. The van der Waals surface area contributed by atoms with Crippen LogP contribution < -0.4 is 26.0 Å². The van der Waals surface area contributed by atoms with Gasteiger partial charge in [0.05, 0.1) is 38.2 Å². The molecule has 0 unspecified atom stereocenters. The zero-order chi connectivity index (χ0) is 32.9. The molecule has 3 rings (SSSR count). The second kappa shape index (κ2) is 16.8. The van der Waals surface area contributed by atoms with Crippen LogP contribution in [0, 0.1) is 6.92 Å². The van der Waals surface area contributed by atoms with E-state index in [1.165, 1.54) is 4.57 Å². The summed E-state index contributed by atoms with van der Waals surface area (Å²) in [5.41, 5.74) is 2.02. The molecule has 1 aromatic heterocycles. The van der Waals surface area contributed by atoms with Gasteiger partial charge in [-0.3, -0.25) is 33.3 Å². The fourth-order valence-electron chi connectivity index (χ4n) is 4.40. The van der Waals surface area contributed by atoms with E-state index < -0.39 is 23.7 Å². The molecule has 5 N–H and O–H groups in total. The van der Waals surface area contributed by atoms with E-state index in [2.05, 4.69) is 21.3 Å². The molecular formula is C31H36ClN5O8. The van der Waals surface area contributed by atoms with Gasteiger partial charge in [0.2, 0.25) is 23.6 Å². The summed E-state index contributed by atoms with van der Waals surface area (Å²) in [5, 5.41) is 20.4. The quantitative estimate of drug-likeness (QED) is 0.147. The number of carbonyl (C=O) groups is 6. The summed E-state index contributed by atoms with van der Waals surface area (Å²) in [7, 11) is 0. The van der Waals surface area contributed by atoms with E-state index >= 15 is 0 Å². The predicted octanol–water partition coefficient (Wildman–Crippen LogP) is 1.95. The third-order valence-corrected chi connectivity index (χ3v) is 7.00. The molecule has 0 bridgehead atoms. The molecule has 0 aliphatic rings. The first-order valence-corrected chi connectivity index (χ1v) is 14.7. The van der Waals surface area contributed by atoms with Crippen molar-refractivity contribution in [1.82, 2.24) is 25.8 Å². The van der Waals surface area contributed by atoms with Gasteiger partial charge in [-0.15, -0.1) is 0 Å². The van der Waals surface area contributed by atoms with Crippen molar-refractivity contribution in [1.29, 1.82) is 0 Å². The number of hydrogen-bond acceptors (Lipinski definition) is 7. The smallest absolute Gasteiger partial charge is 0.307 e. The number of carbonyl (C=O) groups excluding carboxylic acids is 5. The van der Waals surface area contributed by atoms with E-state index in [0.29, 0.717) is 64.5 Å². The lowest BCUT2D eigenvalue weighted by molar-refractivity contribution is -0.136. The number of aliphatic carboxylic acids is 1. The van der Waals surface area contributed by atoms with Crippen molar-refractivity contribution in [3.05, 3.63) is 64.3 Å². The normalized spacial score (nSPS) is 10.6. The van der Waals surface area contributed by atoms with Crippen molar-refractivity contribution in [2.24, 2.45) is 0 Å². The predicted molar refractivity (Wildman–Crippen MR) is 166 cm³/mol. The first-order valence-electron chi connectivity index (χ1n) is 14.4. The van der Waals surface area contributed by atoms with Crippen LogP contribution in [0.25, 0.3) is 10.9 Å². The number of carboxylic acids is 1. The van der Waals surface area contributed by atoms with Crippen LogP contribution in [0.5, 0.6) is 5.75 Å². The minimum absolute atomic E-state index is 0.232. The maximum absolute atomic E-state index is 13.3. The van der Waals surface area contributed by atoms with Gasteiger partial charge < -0.3 is 31.1 Å². The molecule has 0 saturated carbocycles. The summed E-state index contributed by atoms with van der Waals surface area (Å²) in [5.74, 6) is -2.55. The molecule has 0 spiro atoms. The van der Waals surface area contributed by atoms with Gasteiger partial charge in [-0.1, -0.05) is 18.5 Å². The first kappa shape index (κ1) is 34.6. The Hall–Kier alpha value is -4.91. The summed E-state index contributed by atoms with van der Waals surface area (Å²) in [6.45, 7) is 3.23. The summed E-state index contributed by atoms with van der Waals surface area (Å²) >= 11 is 5.96. The lowest BCUT2D eigenvalue weighted by atomic mass is 10.1. The van der Waals surface area contributed by atoms with Crippen molar-refractivity contribution < 1.29 is 38.6 Å². The Kier molecular flexibility index (Phi) is 12.9. The lowest BCUT2D eigenvalue weighted by Gasteiger charge is -2.10. The van der Waals surface area contributed by atoms with Gasteiger partial charge in [0.1, 0.15) is 5.75 Å². The SMILES string of the molecule is CCC(=O)NCC(=O)NCC(=O)NCC(=O)NCCCCOc1ccc2c(c1)c(CC(=O)O)c(C)n2C(=O)c1ccc(Cl)cc1. The van der Waals surface area contributed by atoms with Crippen LogP contribution in [0.2, 0.25) is 5.02 Å². The number of carboxylic acid groups (broad SMARTS) is 1. The number of hydrogen-bond donors (Lipinski definition) is 5. The van der Waals surface area contributed by atoms with Crippen LogP contribution in [-0.2, 0) is 30.4 Å². The molecule has 13 nitrogen and oxygen atoms in total. The number of rotatable bonds is 16. The number of nitrogens with one attached hydrogen (secondary N) is 4. The van der Waals surface area contributed by atoms with Crippen LogP contribution in [-0.4, -0.2) is 78.0 Å². The number of benzene rings is 2. The zero-order valence-electron chi connectivity index (χ0n) is 25.0. The minimum atomic E-state index is -1.02. The molecule has 0 saturated heterocycles.